The van der Waals surface area contributed by atoms with Crippen LogP contribution in [-0.4, -0.2) is 24.4 Å². The molecule has 0 heterocycles. The van der Waals surface area contributed by atoms with Crippen molar-refractivity contribution in [2.75, 3.05) is 18.0 Å². The summed E-state index contributed by atoms with van der Waals surface area (Å²) in [5.74, 6) is 0.246. The highest BCUT2D eigenvalue weighted by Crippen LogP contribution is 2.20. The predicted octanol–water partition coefficient (Wildman–Crippen LogP) is 3.99. The van der Waals surface area contributed by atoms with Gasteiger partial charge in [0.15, 0.2) is 0 Å². The van der Waals surface area contributed by atoms with Crippen LogP contribution in [0.4, 0.5) is 11.4 Å². The zero-order valence-electron chi connectivity index (χ0n) is 12.0. The molecule has 0 aromatic heterocycles. The number of aliphatic imine (C=N–C) groups is 1. The fourth-order valence-electron chi connectivity index (χ4n) is 2.08. The Morgan fingerprint density at radius 2 is 1.65 bits per heavy atom. The summed E-state index contributed by atoms with van der Waals surface area (Å²) in [7, 11) is 0. The van der Waals surface area contributed by atoms with E-state index in [1.807, 2.05) is 24.3 Å². The van der Waals surface area contributed by atoms with Crippen LogP contribution < -0.4 is 4.90 Å². The first-order valence-corrected chi connectivity index (χ1v) is 6.91. The predicted molar refractivity (Wildman–Crippen MR) is 85.4 cm³/mol. The molecular weight excluding hydrogens is 248 g/mol. The summed E-state index contributed by atoms with van der Waals surface area (Å²) in [6.07, 6.45) is 1.68. The van der Waals surface area contributed by atoms with E-state index in [9.17, 15) is 5.11 Å². The van der Waals surface area contributed by atoms with Crippen molar-refractivity contribution < 1.29 is 5.11 Å². The van der Waals surface area contributed by atoms with E-state index in [-0.39, 0.29) is 5.75 Å². The van der Waals surface area contributed by atoms with Gasteiger partial charge >= 0.3 is 0 Å². The van der Waals surface area contributed by atoms with E-state index >= 15 is 0 Å². The number of hydrogen-bond donors (Lipinski definition) is 1. The van der Waals surface area contributed by atoms with Crippen LogP contribution in [0.3, 0.4) is 0 Å². The van der Waals surface area contributed by atoms with Crippen molar-refractivity contribution in [3.05, 3.63) is 54.1 Å². The molecule has 0 amide bonds. The molecule has 0 saturated carbocycles. The van der Waals surface area contributed by atoms with Gasteiger partial charge in [0, 0.05) is 30.6 Å². The molecule has 0 aliphatic rings. The van der Waals surface area contributed by atoms with Gasteiger partial charge in [-0.05, 0) is 50.2 Å². The van der Waals surface area contributed by atoms with E-state index in [0.29, 0.717) is 0 Å². The van der Waals surface area contributed by atoms with Crippen molar-refractivity contribution in [3.8, 4) is 5.75 Å². The molecule has 20 heavy (non-hydrogen) atoms. The van der Waals surface area contributed by atoms with Crippen LogP contribution >= 0.6 is 0 Å². The van der Waals surface area contributed by atoms with Crippen LogP contribution in [0.15, 0.2) is 53.5 Å². The monoisotopic (exact) mass is 268 g/mol. The fraction of sp³-hybridized carbons (Fsp3) is 0.235. The van der Waals surface area contributed by atoms with Gasteiger partial charge in [-0.15, -0.1) is 0 Å². The van der Waals surface area contributed by atoms with Crippen molar-refractivity contribution in [2.45, 2.75) is 13.8 Å². The molecule has 2 rings (SSSR count). The zero-order valence-corrected chi connectivity index (χ0v) is 12.0. The lowest BCUT2D eigenvalue weighted by Gasteiger charge is -2.20. The van der Waals surface area contributed by atoms with Gasteiger partial charge in [-0.25, -0.2) is 0 Å². The lowest BCUT2D eigenvalue weighted by Crippen LogP contribution is -2.21. The molecule has 0 aliphatic heterocycles. The second kappa shape index (κ2) is 6.75. The van der Waals surface area contributed by atoms with Crippen LogP contribution in [0.25, 0.3) is 0 Å². The average Bonchev–Trinajstić information content (AvgIpc) is 2.49. The number of hydrogen-bond acceptors (Lipinski definition) is 3. The summed E-state index contributed by atoms with van der Waals surface area (Å²) in [5.41, 5.74) is 2.81. The van der Waals surface area contributed by atoms with E-state index in [2.05, 4.69) is 35.9 Å². The number of nitrogens with zero attached hydrogens (tertiary/aromatic N) is 2. The molecule has 0 aliphatic carbocycles. The largest absolute Gasteiger partial charge is 0.507 e. The zero-order chi connectivity index (χ0) is 14.4. The number of phenolic OH excluding ortho intramolecular Hbond substituents is 1. The fourth-order valence-corrected chi connectivity index (χ4v) is 2.08. The maximum Gasteiger partial charge on any atom is 0.124 e. The number of anilines is 1. The summed E-state index contributed by atoms with van der Waals surface area (Å²) in [6.45, 7) is 6.29. The molecule has 0 bridgehead atoms. The second-order valence-corrected chi connectivity index (χ2v) is 4.51. The van der Waals surface area contributed by atoms with Crippen LogP contribution in [0.1, 0.15) is 19.4 Å². The van der Waals surface area contributed by atoms with Gasteiger partial charge in [-0.2, -0.15) is 0 Å². The Balaban J connectivity index is 2.13. The summed E-state index contributed by atoms with van der Waals surface area (Å²) in [6, 6.07) is 15.3. The third kappa shape index (κ3) is 3.38. The number of rotatable bonds is 5. The summed E-state index contributed by atoms with van der Waals surface area (Å²) in [5, 5.41) is 9.67. The van der Waals surface area contributed by atoms with E-state index in [1.165, 1.54) is 5.69 Å². The Hall–Kier alpha value is -2.29. The highest BCUT2D eigenvalue weighted by Gasteiger charge is 2.00. The van der Waals surface area contributed by atoms with Gasteiger partial charge in [0.1, 0.15) is 5.75 Å². The Morgan fingerprint density at radius 3 is 2.25 bits per heavy atom. The van der Waals surface area contributed by atoms with Crippen molar-refractivity contribution in [1.29, 1.82) is 0 Å². The molecule has 104 valence electrons. The Labute approximate surface area is 120 Å². The Bertz CT molecular complexity index is 572. The molecule has 2 aromatic carbocycles. The van der Waals surface area contributed by atoms with Crippen molar-refractivity contribution in [1.82, 2.24) is 0 Å². The molecule has 3 nitrogen and oxygen atoms in total. The normalized spacial score (nSPS) is 10.9. The van der Waals surface area contributed by atoms with Gasteiger partial charge in [-0.3, -0.25) is 4.99 Å². The van der Waals surface area contributed by atoms with Gasteiger partial charge in [0.25, 0.3) is 0 Å². The second-order valence-electron chi connectivity index (χ2n) is 4.51. The van der Waals surface area contributed by atoms with Gasteiger partial charge < -0.3 is 10.0 Å². The molecule has 0 unspecified atom stereocenters. The topological polar surface area (TPSA) is 35.8 Å². The molecule has 0 fully saturated rings. The first-order valence-electron chi connectivity index (χ1n) is 6.91. The number of benzene rings is 2. The van der Waals surface area contributed by atoms with Crippen LogP contribution in [0.5, 0.6) is 5.75 Å². The van der Waals surface area contributed by atoms with Crippen molar-refractivity contribution >= 4 is 17.6 Å². The van der Waals surface area contributed by atoms with Gasteiger partial charge in [-0.1, -0.05) is 12.1 Å². The molecule has 0 radical (unpaired) electrons. The van der Waals surface area contributed by atoms with E-state index in [1.54, 1.807) is 18.3 Å². The van der Waals surface area contributed by atoms with Gasteiger partial charge in [0.2, 0.25) is 0 Å². The molecule has 0 atom stereocenters. The van der Waals surface area contributed by atoms with Crippen molar-refractivity contribution in [2.24, 2.45) is 4.99 Å². The van der Waals surface area contributed by atoms with E-state index < -0.39 is 0 Å². The number of para-hydroxylation sites is 1. The number of phenols is 1. The first kappa shape index (κ1) is 14.1. The Kier molecular flexibility index (Phi) is 4.77. The molecule has 0 saturated heterocycles. The standard InChI is InChI=1S/C17H20N2O/c1-3-19(4-2)16-11-9-15(10-12-16)18-13-14-7-5-6-8-17(14)20/h5-13,20H,3-4H2,1-2H3/b18-13+. The van der Waals surface area contributed by atoms with Crippen molar-refractivity contribution in [3.63, 3.8) is 0 Å². The van der Waals surface area contributed by atoms with E-state index in [0.717, 1.165) is 24.3 Å². The minimum absolute atomic E-state index is 0.246. The summed E-state index contributed by atoms with van der Waals surface area (Å²) >= 11 is 0. The maximum atomic E-state index is 9.67. The average molecular weight is 268 g/mol. The van der Waals surface area contributed by atoms with Crippen LogP contribution in [0.2, 0.25) is 0 Å². The minimum atomic E-state index is 0.246. The molecule has 1 N–H and O–H groups in total. The first-order chi connectivity index (χ1) is 9.74. The molecule has 3 heteroatoms. The molecule has 0 spiro atoms. The molecular formula is C17H20N2O. The van der Waals surface area contributed by atoms with Crippen LogP contribution in [-0.2, 0) is 0 Å². The maximum absolute atomic E-state index is 9.67. The third-order valence-corrected chi connectivity index (χ3v) is 3.27. The smallest absolute Gasteiger partial charge is 0.124 e. The lowest BCUT2D eigenvalue weighted by molar-refractivity contribution is 0.474. The minimum Gasteiger partial charge on any atom is -0.507 e. The van der Waals surface area contributed by atoms with E-state index in [4.69, 9.17) is 0 Å². The Morgan fingerprint density at radius 1 is 1.00 bits per heavy atom. The van der Waals surface area contributed by atoms with Crippen LogP contribution in [0, 0.1) is 0 Å². The summed E-state index contributed by atoms with van der Waals surface area (Å²) in [4.78, 5) is 6.67. The highest BCUT2D eigenvalue weighted by molar-refractivity contribution is 5.85. The third-order valence-electron chi connectivity index (χ3n) is 3.27. The molecule has 2 aromatic rings. The summed E-state index contributed by atoms with van der Waals surface area (Å²) < 4.78 is 0. The number of aromatic hydroxyl groups is 1. The van der Waals surface area contributed by atoms with Gasteiger partial charge in [0.05, 0.1) is 5.69 Å². The SMILES string of the molecule is CCN(CC)c1ccc(/N=C/c2ccccc2O)cc1. The highest BCUT2D eigenvalue weighted by atomic mass is 16.3. The lowest BCUT2D eigenvalue weighted by atomic mass is 10.2. The quantitative estimate of drug-likeness (QED) is 0.832.